The van der Waals surface area contributed by atoms with Crippen molar-refractivity contribution in [1.82, 2.24) is 4.98 Å². The molecule has 0 N–H and O–H groups in total. The fourth-order valence-corrected chi connectivity index (χ4v) is 1.34. The average Bonchev–Trinajstić information content (AvgIpc) is 2.23. The molecule has 72 valence electrons. The van der Waals surface area contributed by atoms with Crippen LogP contribution in [0.1, 0.15) is 0 Å². The van der Waals surface area contributed by atoms with Crippen LogP contribution >= 0.6 is 0 Å². The first-order valence-corrected chi connectivity index (χ1v) is 4.33. The van der Waals surface area contributed by atoms with Gasteiger partial charge in [-0.25, -0.2) is 8.78 Å². The van der Waals surface area contributed by atoms with E-state index >= 15 is 0 Å². The molecule has 1 aromatic heterocycles. The van der Waals surface area contributed by atoms with Crippen molar-refractivity contribution >= 4 is 13.3 Å². The second-order valence-electron chi connectivity index (χ2n) is 3.09. The number of aromatic nitrogens is 1. The quantitative estimate of drug-likeness (QED) is 0.641. The SMILES string of the molecule is [B]c1ccc(F)c(-c2ccncc2F)c1. The molecular formula is C11H6BF2N. The van der Waals surface area contributed by atoms with Crippen molar-refractivity contribution in [3.63, 3.8) is 0 Å². The van der Waals surface area contributed by atoms with Crippen LogP contribution in [-0.4, -0.2) is 12.8 Å². The van der Waals surface area contributed by atoms with Crippen LogP contribution in [0.15, 0.2) is 36.7 Å². The molecule has 1 aromatic carbocycles. The summed E-state index contributed by atoms with van der Waals surface area (Å²) in [5, 5.41) is 0. The van der Waals surface area contributed by atoms with E-state index in [1.165, 1.54) is 30.5 Å². The third kappa shape index (κ3) is 1.88. The van der Waals surface area contributed by atoms with Gasteiger partial charge in [0, 0.05) is 17.3 Å². The van der Waals surface area contributed by atoms with Crippen molar-refractivity contribution in [2.75, 3.05) is 0 Å². The topological polar surface area (TPSA) is 12.9 Å². The summed E-state index contributed by atoms with van der Waals surface area (Å²) in [4.78, 5) is 3.59. The maximum Gasteiger partial charge on any atom is 0.149 e. The lowest BCUT2D eigenvalue weighted by Gasteiger charge is -2.05. The number of halogens is 2. The Morgan fingerprint density at radius 1 is 1.00 bits per heavy atom. The van der Waals surface area contributed by atoms with Crippen LogP contribution in [0, 0.1) is 11.6 Å². The van der Waals surface area contributed by atoms with Gasteiger partial charge in [-0.3, -0.25) is 4.98 Å². The van der Waals surface area contributed by atoms with Crippen LogP contribution in [-0.2, 0) is 0 Å². The molecule has 1 nitrogen and oxygen atoms in total. The Morgan fingerprint density at radius 3 is 2.53 bits per heavy atom. The monoisotopic (exact) mass is 201 g/mol. The van der Waals surface area contributed by atoms with Gasteiger partial charge in [-0.2, -0.15) is 0 Å². The molecule has 2 aromatic rings. The van der Waals surface area contributed by atoms with E-state index in [1.807, 2.05) is 0 Å². The largest absolute Gasteiger partial charge is 0.262 e. The Labute approximate surface area is 87.2 Å². The van der Waals surface area contributed by atoms with Crippen LogP contribution in [0.5, 0.6) is 0 Å². The van der Waals surface area contributed by atoms with Gasteiger partial charge < -0.3 is 0 Å². The molecule has 0 fully saturated rings. The van der Waals surface area contributed by atoms with Crippen molar-refractivity contribution in [2.45, 2.75) is 0 Å². The summed E-state index contributed by atoms with van der Waals surface area (Å²) in [7, 11) is 5.51. The van der Waals surface area contributed by atoms with Gasteiger partial charge in [0.1, 0.15) is 19.5 Å². The maximum absolute atomic E-state index is 13.4. The molecule has 2 rings (SSSR count). The Bertz CT molecular complexity index is 500. The van der Waals surface area contributed by atoms with Crippen LogP contribution in [0.2, 0.25) is 0 Å². The molecule has 15 heavy (non-hydrogen) atoms. The van der Waals surface area contributed by atoms with Gasteiger partial charge in [0.15, 0.2) is 0 Å². The molecule has 0 aliphatic rings. The van der Waals surface area contributed by atoms with Crippen LogP contribution in [0.25, 0.3) is 11.1 Å². The van der Waals surface area contributed by atoms with Crippen molar-refractivity contribution < 1.29 is 8.78 Å². The summed E-state index contributed by atoms with van der Waals surface area (Å²) in [6.45, 7) is 0. The molecule has 0 spiro atoms. The standard InChI is InChI=1S/C11H6BF2N/c12-7-1-2-10(13)9(5-7)8-3-4-15-6-11(8)14/h1-6H. The van der Waals surface area contributed by atoms with E-state index in [0.717, 1.165) is 6.20 Å². The number of rotatable bonds is 1. The van der Waals surface area contributed by atoms with E-state index in [2.05, 4.69) is 4.98 Å². The molecule has 0 bridgehead atoms. The lowest BCUT2D eigenvalue weighted by Crippen LogP contribution is -2.03. The number of benzene rings is 1. The summed E-state index contributed by atoms with van der Waals surface area (Å²) < 4.78 is 26.7. The smallest absolute Gasteiger partial charge is 0.149 e. The first-order valence-electron chi connectivity index (χ1n) is 4.33. The molecule has 0 saturated heterocycles. The van der Waals surface area contributed by atoms with Crippen molar-refractivity contribution in [2.24, 2.45) is 0 Å². The second kappa shape index (κ2) is 3.81. The van der Waals surface area contributed by atoms with E-state index in [9.17, 15) is 8.78 Å². The van der Waals surface area contributed by atoms with E-state index in [1.54, 1.807) is 0 Å². The Kier molecular flexibility index (Phi) is 2.50. The zero-order valence-corrected chi connectivity index (χ0v) is 7.74. The minimum Gasteiger partial charge on any atom is -0.262 e. The highest BCUT2D eigenvalue weighted by molar-refractivity contribution is 6.32. The number of nitrogens with zero attached hydrogens (tertiary/aromatic N) is 1. The zero-order valence-electron chi connectivity index (χ0n) is 7.74. The lowest BCUT2D eigenvalue weighted by atomic mass is 9.92. The fourth-order valence-electron chi connectivity index (χ4n) is 1.34. The molecule has 0 aliphatic heterocycles. The first-order chi connectivity index (χ1) is 7.18. The summed E-state index contributed by atoms with van der Waals surface area (Å²) in [6, 6.07) is 5.45. The minimum atomic E-state index is -0.568. The molecule has 2 radical (unpaired) electrons. The highest BCUT2D eigenvalue weighted by atomic mass is 19.1. The molecular weight excluding hydrogens is 195 g/mol. The third-order valence-corrected chi connectivity index (χ3v) is 2.05. The van der Waals surface area contributed by atoms with E-state index < -0.39 is 11.6 Å². The lowest BCUT2D eigenvalue weighted by molar-refractivity contribution is 0.613. The fraction of sp³-hybridized carbons (Fsp3) is 0. The molecule has 0 amide bonds. The molecule has 0 unspecified atom stereocenters. The van der Waals surface area contributed by atoms with Gasteiger partial charge in [-0.1, -0.05) is 17.6 Å². The average molecular weight is 201 g/mol. The summed E-state index contributed by atoms with van der Waals surface area (Å²) in [5.41, 5.74) is 0.701. The van der Waals surface area contributed by atoms with E-state index in [0.29, 0.717) is 5.46 Å². The molecule has 1 heterocycles. The summed E-state index contributed by atoms with van der Waals surface area (Å²) in [6.07, 6.45) is 2.44. The Balaban J connectivity index is 2.64. The zero-order chi connectivity index (χ0) is 10.8. The predicted octanol–water partition coefficient (Wildman–Crippen LogP) is 1.82. The normalized spacial score (nSPS) is 10.3. The Hall–Kier alpha value is -1.71. The maximum atomic E-state index is 13.4. The number of hydrogen-bond acceptors (Lipinski definition) is 1. The van der Waals surface area contributed by atoms with Crippen LogP contribution < -0.4 is 5.46 Å². The Morgan fingerprint density at radius 2 is 1.80 bits per heavy atom. The van der Waals surface area contributed by atoms with Crippen molar-refractivity contribution in [1.29, 1.82) is 0 Å². The highest BCUT2D eigenvalue weighted by Gasteiger charge is 2.09. The van der Waals surface area contributed by atoms with Crippen molar-refractivity contribution in [3.8, 4) is 11.1 Å². The minimum absolute atomic E-state index is 0.148. The molecule has 0 atom stereocenters. The van der Waals surface area contributed by atoms with Crippen LogP contribution in [0.3, 0.4) is 0 Å². The summed E-state index contributed by atoms with van der Waals surface area (Å²) in [5.74, 6) is -1.07. The van der Waals surface area contributed by atoms with E-state index in [4.69, 9.17) is 7.85 Å². The van der Waals surface area contributed by atoms with Gasteiger partial charge >= 0.3 is 0 Å². The summed E-state index contributed by atoms with van der Waals surface area (Å²) >= 11 is 0. The van der Waals surface area contributed by atoms with E-state index in [-0.39, 0.29) is 11.1 Å². The van der Waals surface area contributed by atoms with Crippen molar-refractivity contribution in [3.05, 3.63) is 48.3 Å². The highest BCUT2D eigenvalue weighted by Crippen LogP contribution is 2.23. The second-order valence-corrected chi connectivity index (χ2v) is 3.09. The van der Waals surface area contributed by atoms with Gasteiger partial charge in [0.2, 0.25) is 0 Å². The third-order valence-electron chi connectivity index (χ3n) is 2.05. The molecule has 4 heteroatoms. The predicted molar refractivity (Wildman–Crippen MR) is 55.0 cm³/mol. The van der Waals surface area contributed by atoms with Gasteiger partial charge in [0.25, 0.3) is 0 Å². The van der Waals surface area contributed by atoms with Gasteiger partial charge in [-0.15, -0.1) is 0 Å². The van der Waals surface area contributed by atoms with Gasteiger partial charge in [0.05, 0.1) is 6.20 Å². The number of hydrogen-bond donors (Lipinski definition) is 0. The van der Waals surface area contributed by atoms with Crippen LogP contribution in [0.4, 0.5) is 8.78 Å². The number of pyridine rings is 1. The molecule has 0 saturated carbocycles. The first kappa shape index (κ1) is 9.83. The molecule has 0 aliphatic carbocycles. The van der Waals surface area contributed by atoms with Gasteiger partial charge in [-0.05, 0) is 12.1 Å².